The van der Waals surface area contributed by atoms with E-state index in [0.29, 0.717) is 49.8 Å². The molecule has 2 N–H and O–H groups in total. The van der Waals surface area contributed by atoms with Gasteiger partial charge in [-0.2, -0.15) is 0 Å². The Morgan fingerprint density at radius 1 is 0.933 bits per heavy atom. The minimum atomic E-state index is -0.600. The standard InChI is InChI=1S/C34H39FN6O4/c1-38-11-13-39(14-12-38)9-4-7-37-34(43)26-22-41-28-19-23-5-2-3-6-24(23)20-29(28)45-33-30(27(35)21-25(31(33)41)32(26)42)36-8-10-40-15-17-44-18-16-40/h2-3,5-6,19-22,36H,4,7-18H2,1H3,(H,37,43). The van der Waals surface area contributed by atoms with E-state index in [1.165, 1.54) is 6.07 Å². The maximum Gasteiger partial charge on any atom is 0.256 e. The molecule has 1 amide bonds. The Morgan fingerprint density at radius 3 is 2.44 bits per heavy atom. The van der Waals surface area contributed by atoms with E-state index in [9.17, 15) is 9.59 Å². The summed E-state index contributed by atoms with van der Waals surface area (Å²) < 4.78 is 29.5. The molecule has 0 atom stereocenters. The summed E-state index contributed by atoms with van der Waals surface area (Å²) >= 11 is 0. The van der Waals surface area contributed by atoms with Crippen LogP contribution in [0.5, 0.6) is 11.5 Å². The van der Waals surface area contributed by atoms with Gasteiger partial charge in [0, 0.05) is 65.1 Å². The number of fused-ring (bicyclic) bond motifs is 3. The van der Waals surface area contributed by atoms with Crippen LogP contribution in [0.1, 0.15) is 16.8 Å². The van der Waals surface area contributed by atoms with Gasteiger partial charge in [-0.05, 0) is 49.0 Å². The van der Waals surface area contributed by atoms with Gasteiger partial charge in [-0.3, -0.25) is 14.5 Å². The number of hydrogen-bond acceptors (Lipinski definition) is 8. The number of nitrogens with zero attached hydrogens (tertiary/aromatic N) is 4. The van der Waals surface area contributed by atoms with Crippen LogP contribution in [0.15, 0.2) is 53.5 Å². The summed E-state index contributed by atoms with van der Waals surface area (Å²) in [6.07, 6.45) is 2.35. The number of carbonyl (C=O) groups excluding carboxylic acids is 1. The molecule has 0 radical (unpaired) electrons. The lowest BCUT2D eigenvalue weighted by atomic mass is 10.0. The molecule has 4 aromatic rings. The molecule has 45 heavy (non-hydrogen) atoms. The van der Waals surface area contributed by atoms with Crippen LogP contribution in [0.25, 0.3) is 27.4 Å². The summed E-state index contributed by atoms with van der Waals surface area (Å²) in [5, 5.41) is 8.22. The zero-order valence-corrected chi connectivity index (χ0v) is 25.6. The van der Waals surface area contributed by atoms with Gasteiger partial charge in [-0.1, -0.05) is 24.3 Å². The molecule has 11 heteroatoms. The number of aromatic nitrogens is 1. The molecule has 0 unspecified atom stereocenters. The molecule has 2 fully saturated rings. The van der Waals surface area contributed by atoms with Crippen LogP contribution in [-0.4, -0.2) is 111 Å². The van der Waals surface area contributed by atoms with Crippen molar-refractivity contribution < 1.29 is 18.7 Å². The monoisotopic (exact) mass is 614 g/mol. The number of ether oxygens (including phenoxy) is 2. The van der Waals surface area contributed by atoms with Crippen molar-refractivity contribution in [1.29, 1.82) is 0 Å². The van der Waals surface area contributed by atoms with Crippen LogP contribution >= 0.6 is 0 Å². The fourth-order valence-corrected chi connectivity index (χ4v) is 6.46. The Bertz CT molecular complexity index is 1800. The average molecular weight is 615 g/mol. The molecule has 0 aliphatic carbocycles. The number of halogens is 1. The summed E-state index contributed by atoms with van der Waals surface area (Å²) in [5.41, 5.74) is 0.766. The van der Waals surface area contributed by atoms with E-state index in [2.05, 4.69) is 32.4 Å². The highest BCUT2D eigenvalue weighted by atomic mass is 19.1. The molecular formula is C34H39FN6O4. The number of benzene rings is 3. The van der Waals surface area contributed by atoms with Gasteiger partial charge >= 0.3 is 0 Å². The number of pyridine rings is 1. The molecule has 3 aliphatic heterocycles. The van der Waals surface area contributed by atoms with Crippen molar-refractivity contribution in [2.45, 2.75) is 6.42 Å². The second-order valence-corrected chi connectivity index (χ2v) is 12.1. The molecular weight excluding hydrogens is 575 g/mol. The second-order valence-electron chi connectivity index (χ2n) is 12.1. The minimum Gasteiger partial charge on any atom is -0.451 e. The predicted molar refractivity (Wildman–Crippen MR) is 174 cm³/mol. The first-order valence-electron chi connectivity index (χ1n) is 15.8. The van der Waals surface area contributed by atoms with Crippen molar-refractivity contribution in [1.82, 2.24) is 24.6 Å². The van der Waals surface area contributed by atoms with Gasteiger partial charge in [0.25, 0.3) is 5.91 Å². The molecule has 4 heterocycles. The van der Waals surface area contributed by atoms with Gasteiger partial charge in [-0.15, -0.1) is 0 Å². The number of piperazine rings is 1. The van der Waals surface area contributed by atoms with Crippen molar-refractivity contribution in [2.75, 3.05) is 91.0 Å². The van der Waals surface area contributed by atoms with Gasteiger partial charge in [0.05, 0.1) is 24.3 Å². The Morgan fingerprint density at radius 2 is 1.67 bits per heavy atom. The number of rotatable bonds is 9. The van der Waals surface area contributed by atoms with Crippen molar-refractivity contribution in [2.24, 2.45) is 0 Å². The Balaban J connectivity index is 1.21. The van der Waals surface area contributed by atoms with E-state index in [-0.39, 0.29) is 22.4 Å². The zero-order chi connectivity index (χ0) is 30.9. The topological polar surface area (TPSA) is 91.3 Å². The number of anilines is 1. The third kappa shape index (κ3) is 6.00. The molecule has 0 saturated carbocycles. The SMILES string of the molecule is CN1CCN(CCCNC(=O)c2cn3c4c(c(NCCN5CCOCC5)c(F)cc4c2=O)Oc2cc4ccccc4cc2-3)CC1. The van der Waals surface area contributed by atoms with Gasteiger partial charge in [-0.25, -0.2) is 4.39 Å². The molecule has 236 valence electrons. The summed E-state index contributed by atoms with van der Waals surface area (Å²) in [7, 11) is 2.12. The summed E-state index contributed by atoms with van der Waals surface area (Å²) in [6, 6.07) is 13.0. The highest BCUT2D eigenvalue weighted by molar-refractivity contribution is 6.02. The van der Waals surface area contributed by atoms with E-state index < -0.39 is 17.2 Å². The maximum atomic E-state index is 15.8. The van der Waals surface area contributed by atoms with Crippen LogP contribution in [0.2, 0.25) is 0 Å². The average Bonchev–Trinajstić information content (AvgIpc) is 3.05. The van der Waals surface area contributed by atoms with Crippen molar-refractivity contribution in [3.8, 4) is 17.2 Å². The van der Waals surface area contributed by atoms with Gasteiger partial charge < -0.3 is 34.5 Å². The zero-order valence-electron chi connectivity index (χ0n) is 25.6. The van der Waals surface area contributed by atoms with E-state index in [0.717, 1.165) is 63.0 Å². The Labute approximate surface area is 261 Å². The van der Waals surface area contributed by atoms with Crippen LogP contribution in [0.4, 0.5) is 10.1 Å². The van der Waals surface area contributed by atoms with E-state index in [4.69, 9.17) is 9.47 Å². The fourth-order valence-electron chi connectivity index (χ4n) is 6.46. The quantitative estimate of drug-likeness (QED) is 0.244. The van der Waals surface area contributed by atoms with Crippen molar-refractivity contribution in [3.05, 3.63) is 70.3 Å². The molecule has 10 nitrogen and oxygen atoms in total. The summed E-state index contributed by atoms with van der Waals surface area (Å²) in [4.78, 5) is 34.2. The normalized spacial score (nSPS) is 17.3. The lowest BCUT2D eigenvalue weighted by Crippen LogP contribution is -2.45. The first-order chi connectivity index (χ1) is 22.0. The lowest BCUT2D eigenvalue weighted by molar-refractivity contribution is 0.0398. The number of amides is 1. The highest BCUT2D eigenvalue weighted by Gasteiger charge is 2.29. The molecule has 3 aromatic carbocycles. The first kappa shape index (κ1) is 29.7. The van der Waals surface area contributed by atoms with Gasteiger partial charge in [0.1, 0.15) is 16.8 Å². The number of hydrogen-bond donors (Lipinski definition) is 2. The van der Waals surface area contributed by atoms with E-state index >= 15 is 4.39 Å². The minimum absolute atomic E-state index is 0.0264. The molecule has 0 bridgehead atoms. The first-order valence-corrected chi connectivity index (χ1v) is 15.8. The Hall–Kier alpha value is -4.03. The van der Waals surface area contributed by atoms with E-state index in [1.807, 2.05) is 41.0 Å². The molecule has 0 spiro atoms. The van der Waals surface area contributed by atoms with Crippen molar-refractivity contribution in [3.63, 3.8) is 0 Å². The van der Waals surface area contributed by atoms with Crippen LogP contribution < -0.4 is 20.8 Å². The number of nitrogens with one attached hydrogen (secondary N) is 2. The number of morpholine rings is 1. The smallest absolute Gasteiger partial charge is 0.256 e. The Kier molecular flexibility index (Phi) is 8.41. The van der Waals surface area contributed by atoms with Crippen LogP contribution in [0.3, 0.4) is 0 Å². The highest BCUT2D eigenvalue weighted by Crippen LogP contribution is 2.46. The van der Waals surface area contributed by atoms with Crippen LogP contribution in [0, 0.1) is 5.82 Å². The summed E-state index contributed by atoms with van der Waals surface area (Å²) in [6.45, 7) is 9.62. The molecule has 3 aliphatic rings. The number of carbonyl (C=O) groups is 1. The largest absolute Gasteiger partial charge is 0.451 e. The molecule has 1 aromatic heterocycles. The third-order valence-corrected chi connectivity index (χ3v) is 9.11. The maximum absolute atomic E-state index is 15.8. The fraction of sp³-hybridized carbons (Fsp3) is 0.412. The summed E-state index contributed by atoms with van der Waals surface area (Å²) in [5.74, 6) is -0.304. The van der Waals surface area contributed by atoms with Crippen molar-refractivity contribution >= 4 is 33.3 Å². The molecule has 7 rings (SSSR count). The number of likely N-dealkylation sites (N-methyl/N-ethyl adjacent to an activating group) is 1. The molecule has 2 saturated heterocycles. The van der Waals surface area contributed by atoms with Gasteiger partial charge in [0.15, 0.2) is 17.3 Å². The lowest BCUT2D eigenvalue weighted by Gasteiger charge is -2.32. The van der Waals surface area contributed by atoms with Gasteiger partial charge in [0.2, 0.25) is 5.43 Å². The predicted octanol–water partition coefficient (Wildman–Crippen LogP) is 3.50. The third-order valence-electron chi connectivity index (χ3n) is 9.11. The van der Waals surface area contributed by atoms with E-state index in [1.54, 1.807) is 6.20 Å². The van der Waals surface area contributed by atoms with Crippen LogP contribution in [-0.2, 0) is 4.74 Å². The second kappa shape index (κ2) is 12.8.